The number of hydrogen-bond donors (Lipinski definition) is 1. The minimum Gasteiger partial charge on any atom is -0.454 e. The molecule has 0 amide bonds. The molecule has 20 heavy (non-hydrogen) atoms. The van der Waals surface area contributed by atoms with Gasteiger partial charge < -0.3 is 10.1 Å². The van der Waals surface area contributed by atoms with Crippen molar-refractivity contribution in [3.05, 3.63) is 42.2 Å². The first-order valence-electron chi connectivity index (χ1n) is 7.20. The number of nitrogens with one attached hydrogen (secondary N) is 1. The fourth-order valence-electron chi connectivity index (χ4n) is 1.88. The molecule has 108 valence electrons. The zero-order chi connectivity index (χ0) is 14.4. The van der Waals surface area contributed by atoms with Crippen LogP contribution >= 0.6 is 0 Å². The second-order valence-corrected chi connectivity index (χ2v) is 5.17. The van der Waals surface area contributed by atoms with Crippen molar-refractivity contribution in [3.8, 4) is 11.5 Å². The molecule has 0 fully saturated rings. The predicted molar refractivity (Wildman–Crippen MR) is 81.1 cm³/mol. The molecule has 0 saturated heterocycles. The van der Waals surface area contributed by atoms with Crippen LogP contribution in [0.1, 0.15) is 38.8 Å². The van der Waals surface area contributed by atoms with E-state index in [0.29, 0.717) is 6.04 Å². The molecule has 0 atom stereocenters. The molecule has 1 heterocycles. The normalized spacial score (nSPS) is 11.0. The van der Waals surface area contributed by atoms with E-state index in [9.17, 15) is 0 Å². The highest BCUT2D eigenvalue weighted by atomic mass is 16.5. The van der Waals surface area contributed by atoms with E-state index in [-0.39, 0.29) is 0 Å². The van der Waals surface area contributed by atoms with Gasteiger partial charge in [0, 0.05) is 12.6 Å². The van der Waals surface area contributed by atoms with E-state index < -0.39 is 0 Å². The van der Waals surface area contributed by atoms with Crippen molar-refractivity contribution in [2.24, 2.45) is 0 Å². The largest absolute Gasteiger partial charge is 0.454 e. The van der Waals surface area contributed by atoms with E-state index in [0.717, 1.165) is 31.0 Å². The van der Waals surface area contributed by atoms with Crippen LogP contribution in [0, 0.1) is 0 Å². The summed E-state index contributed by atoms with van der Waals surface area (Å²) in [5.74, 6) is 1.61. The summed E-state index contributed by atoms with van der Waals surface area (Å²) in [5, 5.41) is 7.64. The highest BCUT2D eigenvalue weighted by Gasteiger charge is 2.03. The van der Waals surface area contributed by atoms with Gasteiger partial charge in [-0.1, -0.05) is 19.1 Å². The van der Waals surface area contributed by atoms with Crippen LogP contribution in [0.2, 0.25) is 0 Å². The van der Waals surface area contributed by atoms with E-state index in [1.54, 1.807) is 6.20 Å². The summed E-state index contributed by atoms with van der Waals surface area (Å²) in [7, 11) is 0. The van der Waals surface area contributed by atoms with Gasteiger partial charge in [-0.3, -0.25) is 4.68 Å². The van der Waals surface area contributed by atoms with E-state index >= 15 is 0 Å². The number of hydrogen-bond acceptors (Lipinski definition) is 3. The summed E-state index contributed by atoms with van der Waals surface area (Å²) in [6.07, 6.45) is 4.82. The fraction of sp³-hybridized carbons (Fsp3) is 0.438. The molecule has 1 aromatic heterocycles. The molecule has 0 aliphatic carbocycles. The lowest BCUT2D eigenvalue weighted by molar-refractivity contribution is 0.477. The average Bonchev–Trinajstić information content (AvgIpc) is 2.90. The van der Waals surface area contributed by atoms with E-state index in [1.807, 2.05) is 23.0 Å². The van der Waals surface area contributed by atoms with E-state index in [1.165, 1.54) is 5.56 Å². The molecule has 2 aromatic rings. The van der Waals surface area contributed by atoms with Crippen LogP contribution in [0.4, 0.5) is 0 Å². The zero-order valence-corrected chi connectivity index (χ0v) is 12.5. The molecule has 4 heteroatoms. The Morgan fingerprint density at radius 2 is 1.95 bits per heavy atom. The summed E-state index contributed by atoms with van der Waals surface area (Å²) in [6.45, 7) is 8.30. The number of aromatic nitrogens is 2. The lowest BCUT2D eigenvalue weighted by Crippen LogP contribution is -2.13. The predicted octanol–water partition coefficient (Wildman–Crippen LogP) is 3.76. The quantitative estimate of drug-likeness (QED) is 0.781. The average molecular weight is 273 g/mol. The van der Waals surface area contributed by atoms with Crippen LogP contribution in [-0.2, 0) is 6.54 Å². The van der Waals surface area contributed by atoms with E-state index in [4.69, 9.17) is 4.74 Å². The highest BCUT2D eigenvalue weighted by Crippen LogP contribution is 2.22. The Hall–Kier alpha value is -1.81. The maximum Gasteiger partial charge on any atom is 0.165 e. The molecule has 0 radical (unpaired) electrons. The third-order valence-corrected chi connectivity index (χ3v) is 3.02. The number of rotatable bonds is 7. The summed E-state index contributed by atoms with van der Waals surface area (Å²) >= 11 is 0. The number of ether oxygens (including phenoxy) is 1. The van der Waals surface area contributed by atoms with Gasteiger partial charge in [-0.15, -0.1) is 0 Å². The van der Waals surface area contributed by atoms with Crippen LogP contribution in [-0.4, -0.2) is 16.3 Å². The maximum absolute atomic E-state index is 5.79. The van der Waals surface area contributed by atoms with Gasteiger partial charge in [0.2, 0.25) is 0 Å². The number of benzene rings is 1. The smallest absolute Gasteiger partial charge is 0.165 e. The van der Waals surface area contributed by atoms with Gasteiger partial charge in [-0.05, 0) is 44.5 Å². The van der Waals surface area contributed by atoms with Crippen LogP contribution in [0.5, 0.6) is 11.5 Å². The van der Waals surface area contributed by atoms with E-state index in [2.05, 4.69) is 43.3 Å². The molecular formula is C16H23N3O. The van der Waals surface area contributed by atoms with Gasteiger partial charge in [-0.2, -0.15) is 5.10 Å². The summed E-state index contributed by atoms with van der Waals surface area (Å²) in [6, 6.07) is 8.51. The summed E-state index contributed by atoms with van der Waals surface area (Å²) in [4.78, 5) is 0. The SMILES string of the molecule is CCCNCc1ccc(Oc2cnn(C(C)C)c2)cc1. The van der Waals surface area contributed by atoms with Crippen molar-refractivity contribution >= 4 is 0 Å². The third-order valence-electron chi connectivity index (χ3n) is 3.02. The Morgan fingerprint density at radius 3 is 2.55 bits per heavy atom. The van der Waals surface area contributed by atoms with Gasteiger partial charge >= 0.3 is 0 Å². The fourth-order valence-corrected chi connectivity index (χ4v) is 1.88. The molecule has 0 aliphatic rings. The van der Waals surface area contributed by atoms with Crippen molar-refractivity contribution < 1.29 is 4.74 Å². The minimum atomic E-state index is 0.347. The van der Waals surface area contributed by atoms with Crippen LogP contribution in [0.15, 0.2) is 36.7 Å². The Kier molecular flexibility index (Phi) is 5.18. The van der Waals surface area contributed by atoms with Crippen molar-refractivity contribution in [2.45, 2.75) is 39.8 Å². The Morgan fingerprint density at radius 1 is 1.20 bits per heavy atom. The molecule has 0 spiro atoms. The Labute approximate surface area is 120 Å². The number of nitrogens with zero attached hydrogens (tertiary/aromatic N) is 2. The molecular weight excluding hydrogens is 250 g/mol. The van der Waals surface area contributed by atoms with Crippen LogP contribution in [0.3, 0.4) is 0 Å². The van der Waals surface area contributed by atoms with Gasteiger partial charge in [0.25, 0.3) is 0 Å². The molecule has 0 bridgehead atoms. The molecule has 0 aliphatic heterocycles. The summed E-state index contributed by atoms with van der Waals surface area (Å²) < 4.78 is 7.67. The first-order valence-corrected chi connectivity index (χ1v) is 7.20. The lowest BCUT2D eigenvalue weighted by atomic mass is 10.2. The maximum atomic E-state index is 5.79. The van der Waals surface area contributed by atoms with Crippen molar-refractivity contribution in [1.82, 2.24) is 15.1 Å². The molecule has 1 aromatic carbocycles. The first-order chi connectivity index (χ1) is 9.69. The third kappa shape index (κ3) is 4.10. The van der Waals surface area contributed by atoms with Gasteiger partial charge in [0.05, 0.1) is 12.4 Å². The summed E-state index contributed by atoms with van der Waals surface area (Å²) in [5.41, 5.74) is 1.27. The first kappa shape index (κ1) is 14.6. The molecule has 4 nitrogen and oxygen atoms in total. The second kappa shape index (κ2) is 7.10. The van der Waals surface area contributed by atoms with Crippen molar-refractivity contribution in [1.29, 1.82) is 0 Å². The lowest BCUT2D eigenvalue weighted by Gasteiger charge is -2.06. The molecule has 0 unspecified atom stereocenters. The molecule has 2 rings (SSSR count). The van der Waals surface area contributed by atoms with Gasteiger partial charge in [0.15, 0.2) is 5.75 Å². The monoisotopic (exact) mass is 273 g/mol. The van der Waals surface area contributed by atoms with Crippen LogP contribution in [0.25, 0.3) is 0 Å². The Bertz CT molecular complexity index is 517. The zero-order valence-electron chi connectivity index (χ0n) is 12.5. The molecule has 0 saturated carbocycles. The van der Waals surface area contributed by atoms with Crippen molar-refractivity contribution in [2.75, 3.05) is 6.54 Å². The Balaban J connectivity index is 1.92. The van der Waals surface area contributed by atoms with Gasteiger partial charge in [0.1, 0.15) is 5.75 Å². The van der Waals surface area contributed by atoms with Gasteiger partial charge in [-0.25, -0.2) is 0 Å². The molecule has 1 N–H and O–H groups in total. The highest BCUT2D eigenvalue weighted by molar-refractivity contribution is 5.31. The standard InChI is InChI=1S/C16H23N3O/c1-4-9-17-10-14-5-7-15(8-6-14)20-16-11-18-19(12-16)13(2)3/h5-8,11-13,17H,4,9-10H2,1-3H3. The second-order valence-electron chi connectivity index (χ2n) is 5.17. The minimum absolute atomic E-state index is 0.347. The van der Waals surface area contributed by atoms with Crippen LogP contribution < -0.4 is 10.1 Å². The van der Waals surface area contributed by atoms with Crippen molar-refractivity contribution in [3.63, 3.8) is 0 Å². The topological polar surface area (TPSA) is 39.1 Å².